The third kappa shape index (κ3) is 4.98. The third-order valence-corrected chi connectivity index (χ3v) is 6.66. The first-order chi connectivity index (χ1) is 11.8. The lowest BCUT2D eigenvalue weighted by Gasteiger charge is -2.34. The van der Waals surface area contributed by atoms with E-state index in [2.05, 4.69) is 34.6 Å². The predicted molar refractivity (Wildman–Crippen MR) is 103 cm³/mol. The molecule has 142 valence electrons. The van der Waals surface area contributed by atoms with Crippen molar-refractivity contribution in [3.63, 3.8) is 0 Å². The van der Waals surface area contributed by atoms with Crippen molar-refractivity contribution in [1.82, 2.24) is 4.31 Å². The van der Waals surface area contributed by atoms with Crippen molar-refractivity contribution in [2.45, 2.75) is 64.7 Å². The van der Waals surface area contributed by atoms with Crippen molar-refractivity contribution in [2.75, 3.05) is 19.7 Å². The van der Waals surface area contributed by atoms with E-state index in [4.69, 9.17) is 4.74 Å². The van der Waals surface area contributed by atoms with Gasteiger partial charge < -0.3 is 4.74 Å². The summed E-state index contributed by atoms with van der Waals surface area (Å²) in [6.45, 7) is 12.4. The van der Waals surface area contributed by atoms with Crippen LogP contribution in [-0.4, -0.2) is 32.4 Å². The molecule has 0 amide bonds. The number of sulfonamides is 1. The van der Waals surface area contributed by atoms with Crippen LogP contribution in [0.3, 0.4) is 0 Å². The Morgan fingerprint density at radius 3 is 2.40 bits per heavy atom. The molecule has 1 aromatic rings. The fourth-order valence-electron chi connectivity index (χ4n) is 3.55. The van der Waals surface area contributed by atoms with Gasteiger partial charge in [0.05, 0.1) is 11.5 Å². The quantitative estimate of drug-likeness (QED) is 0.659. The summed E-state index contributed by atoms with van der Waals surface area (Å²) in [7, 11) is -3.45. The highest BCUT2D eigenvalue weighted by Gasteiger charge is 2.32. The molecule has 2 rings (SSSR count). The normalized spacial score (nSPS) is 22.3. The van der Waals surface area contributed by atoms with E-state index in [0.29, 0.717) is 36.4 Å². The number of unbranched alkanes of at least 4 members (excludes halogenated alkanes) is 1. The SMILES string of the molecule is CCCCOc1ccc(S(=O)(=O)N2C[C@H](C)C[C@@H](C)C2)cc1C(C)C. The Morgan fingerprint density at radius 1 is 1.20 bits per heavy atom. The van der Waals surface area contributed by atoms with Gasteiger partial charge in [0.2, 0.25) is 10.0 Å². The van der Waals surface area contributed by atoms with Gasteiger partial charge in [0.15, 0.2) is 0 Å². The highest BCUT2D eigenvalue weighted by molar-refractivity contribution is 7.89. The standard InChI is InChI=1S/C20H33NO3S/c1-6-7-10-24-20-9-8-18(12-19(20)15(2)3)25(22,23)21-13-16(4)11-17(5)14-21/h8-9,12,15-17H,6-7,10-11,13-14H2,1-5H3/t16-,17-/m1/s1. The molecule has 0 unspecified atom stereocenters. The molecule has 0 aliphatic carbocycles. The third-order valence-electron chi connectivity index (χ3n) is 4.83. The number of nitrogens with zero attached hydrogens (tertiary/aromatic N) is 1. The summed E-state index contributed by atoms with van der Waals surface area (Å²) in [6.07, 6.45) is 3.17. The lowest BCUT2D eigenvalue weighted by atomic mass is 9.94. The van der Waals surface area contributed by atoms with E-state index in [1.807, 2.05) is 12.1 Å². The monoisotopic (exact) mass is 367 g/mol. The lowest BCUT2D eigenvalue weighted by Crippen LogP contribution is -2.42. The Morgan fingerprint density at radius 2 is 1.84 bits per heavy atom. The van der Waals surface area contributed by atoms with E-state index in [1.165, 1.54) is 0 Å². The van der Waals surface area contributed by atoms with Gasteiger partial charge in [0.1, 0.15) is 5.75 Å². The zero-order valence-electron chi connectivity index (χ0n) is 16.3. The van der Waals surface area contributed by atoms with Crippen LogP contribution in [0.4, 0.5) is 0 Å². The van der Waals surface area contributed by atoms with Gasteiger partial charge in [-0.3, -0.25) is 0 Å². The average molecular weight is 368 g/mol. The van der Waals surface area contributed by atoms with Crippen LogP contribution in [-0.2, 0) is 10.0 Å². The maximum Gasteiger partial charge on any atom is 0.243 e. The number of hydrogen-bond donors (Lipinski definition) is 0. The van der Waals surface area contributed by atoms with Crippen molar-refractivity contribution in [1.29, 1.82) is 0 Å². The Bertz CT molecular complexity index is 660. The summed E-state index contributed by atoms with van der Waals surface area (Å²) in [5.74, 6) is 1.83. The van der Waals surface area contributed by atoms with Gasteiger partial charge in [0.25, 0.3) is 0 Å². The van der Waals surface area contributed by atoms with E-state index in [9.17, 15) is 8.42 Å². The van der Waals surface area contributed by atoms with E-state index in [1.54, 1.807) is 10.4 Å². The molecule has 0 aromatic heterocycles. The van der Waals surface area contributed by atoms with Crippen molar-refractivity contribution in [2.24, 2.45) is 11.8 Å². The average Bonchev–Trinajstić information content (AvgIpc) is 2.54. The molecule has 1 saturated heterocycles. The molecule has 1 fully saturated rings. The summed E-state index contributed by atoms with van der Waals surface area (Å²) >= 11 is 0. The molecule has 1 aromatic carbocycles. The largest absolute Gasteiger partial charge is 0.493 e. The summed E-state index contributed by atoms with van der Waals surface area (Å²) in [5, 5.41) is 0. The van der Waals surface area contributed by atoms with Gasteiger partial charge in [-0.1, -0.05) is 41.0 Å². The molecule has 25 heavy (non-hydrogen) atoms. The van der Waals surface area contributed by atoms with Crippen molar-refractivity contribution in [3.8, 4) is 5.75 Å². The fraction of sp³-hybridized carbons (Fsp3) is 0.700. The number of ether oxygens (including phenoxy) is 1. The Balaban J connectivity index is 2.30. The summed E-state index contributed by atoms with van der Waals surface area (Å²) in [6, 6.07) is 5.34. The van der Waals surface area contributed by atoms with Crippen LogP contribution in [0.5, 0.6) is 5.75 Å². The number of piperidine rings is 1. The highest BCUT2D eigenvalue weighted by Crippen LogP contribution is 2.32. The van der Waals surface area contributed by atoms with Crippen LogP contribution in [0, 0.1) is 11.8 Å². The lowest BCUT2D eigenvalue weighted by molar-refractivity contribution is 0.222. The second kappa shape index (κ2) is 8.54. The minimum absolute atomic E-state index is 0.214. The molecule has 0 bridgehead atoms. The van der Waals surface area contributed by atoms with Crippen LogP contribution in [0.15, 0.2) is 23.1 Å². The smallest absolute Gasteiger partial charge is 0.243 e. The predicted octanol–water partition coefficient (Wildman–Crippen LogP) is 4.66. The molecule has 5 heteroatoms. The number of rotatable bonds is 7. The molecule has 0 saturated carbocycles. The van der Waals surface area contributed by atoms with Crippen LogP contribution in [0.25, 0.3) is 0 Å². The summed E-state index contributed by atoms with van der Waals surface area (Å²) in [4.78, 5) is 0.389. The Hall–Kier alpha value is -1.07. The zero-order valence-corrected chi connectivity index (χ0v) is 17.1. The second-order valence-corrected chi connectivity index (χ2v) is 9.76. The molecule has 4 nitrogen and oxygen atoms in total. The maximum atomic E-state index is 13.1. The topological polar surface area (TPSA) is 46.6 Å². The number of benzene rings is 1. The van der Waals surface area contributed by atoms with Gasteiger partial charge in [0, 0.05) is 13.1 Å². The molecule has 0 spiro atoms. The van der Waals surface area contributed by atoms with Crippen LogP contribution < -0.4 is 4.74 Å². The first kappa shape index (κ1) is 20.2. The van der Waals surface area contributed by atoms with E-state index >= 15 is 0 Å². The van der Waals surface area contributed by atoms with Crippen LogP contribution in [0.1, 0.15) is 65.4 Å². The van der Waals surface area contributed by atoms with E-state index in [0.717, 1.165) is 30.6 Å². The summed E-state index contributed by atoms with van der Waals surface area (Å²) < 4.78 is 33.8. The van der Waals surface area contributed by atoms with Crippen molar-refractivity contribution < 1.29 is 13.2 Å². The molecule has 1 heterocycles. The number of hydrogen-bond acceptors (Lipinski definition) is 3. The van der Waals surface area contributed by atoms with Crippen LogP contribution >= 0.6 is 0 Å². The second-order valence-electron chi connectivity index (χ2n) is 7.82. The summed E-state index contributed by atoms with van der Waals surface area (Å²) in [5.41, 5.74) is 0.968. The fourth-order valence-corrected chi connectivity index (χ4v) is 5.26. The first-order valence-electron chi connectivity index (χ1n) is 9.52. The minimum atomic E-state index is -3.45. The van der Waals surface area contributed by atoms with Crippen molar-refractivity contribution >= 4 is 10.0 Å². The molecule has 0 radical (unpaired) electrons. The molecule has 1 aliphatic rings. The Labute approximate surface area is 153 Å². The highest BCUT2D eigenvalue weighted by atomic mass is 32.2. The van der Waals surface area contributed by atoms with Gasteiger partial charge in [-0.25, -0.2) is 8.42 Å². The van der Waals surface area contributed by atoms with Crippen molar-refractivity contribution in [3.05, 3.63) is 23.8 Å². The van der Waals surface area contributed by atoms with E-state index < -0.39 is 10.0 Å². The molecular formula is C20H33NO3S. The Kier molecular flexibility index (Phi) is 6.92. The maximum absolute atomic E-state index is 13.1. The minimum Gasteiger partial charge on any atom is -0.493 e. The first-order valence-corrected chi connectivity index (χ1v) is 11.0. The molecule has 1 aliphatic heterocycles. The van der Waals surface area contributed by atoms with Gasteiger partial charge in [-0.15, -0.1) is 0 Å². The van der Waals surface area contributed by atoms with E-state index in [-0.39, 0.29) is 5.92 Å². The molecular weight excluding hydrogens is 334 g/mol. The van der Waals surface area contributed by atoms with Gasteiger partial charge in [-0.05, 0) is 54.4 Å². The van der Waals surface area contributed by atoms with Gasteiger partial charge in [-0.2, -0.15) is 4.31 Å². The van der Waals surface area contributed by atoms with Gasteiger partial charge >= 0.3 is 0 Å². The molecule has 0 N–H and O–H groups in total. The molecule has 2 atom stereocenters. The zero-order chi connectivity index (χ0) is 18.6. The van der Waals surface area contributed by atoms with Crippen LogP contribution in [0.2, 0.25) is 0 Å².